The lowest BCUT2D eigenvalue weighted by molar-refractivity contribution is 1.22. The molecule has 1 aromatic carbocycles. The predicted molar refractivity (Wildman–Crippen MR) is 61.5 cm³/mol. The van der Waals surface area contributed by atoms with Crippen molar-refractivity contribution < 1.29 is 0 Å². The number of nitrogens with zero attached hydrogens (tertiary/aromatic N) is 2. The molecule has 1 heterocycles. The number of nitrogens with one attached hydrogen (secondary N) is 1. The van der Waals surface area contributed by atoms with E-state index in [0.717, 1.165) is 22.5 Å². The van der Waals surface area contributed by atoms with Gasteiger partial charge in [0.2, 0.25) is 0 Å². The molecule has 0 spiro atoms. The van der Waals surface area contributed by atoms with Gasteiger partial charge in [0.05, 0.1) is 11.4 Å². The molecule has 0 unspecified atom stereocenters. The maximum Gasteiger partial charge on any atom is 0.116 e. The minimum Gasteiger partial charge on any atom is -0.376 e. The summed E-state index contributed by atoms with van der Waals surface area (Å²) < 4.78 is 0. The Bertz CT molecular complexity index is 430. The summed E-state index contributed by atoms with van der Waals surface area (Å²) in [5.74, 6) is 0.916. The van der Waals surface area contributed by atoms with Crippen LogP contribution < -0.4 is 5.32 Å². The summed E-state index contributed by atoms with van der Waals surface area (Å²) in [7, 11) is 0. The van der Waals surface area contributed by atoms with E-state index in [9.17, 15) is 0 Å². The van der Waals surface area contributed by atoms with E-state index < -0.39 is 0 Å². The molecule has 0 fully saturated rings. The zero-order valence-corrected chi connectivity index (χ0v) is 8.71. The summed E-state index contributed by atoms with van der Waals surface area (Å²) in [5, 5.41) is 4.36. The van der Waals surface area contributed by atoms with E-state index in [0.29, 0.717) is 0 Å². The van der Waals surface area contributed by atoms with Crippen LogP contribution in [0.4, 0.5) is 5.69 Å². The maximum atomic E-state index is 4.16. The van der Waals surface area contributed by atoms with Gasteiger partial charge in [0.1, 0.15) is 6.33 Å². The van der Waals surface area contributed by atoms with Crippen LogP contribution in [0, 0.1) is 0 Å². The first-order valence-corrected chi connectivity index (χ1v) is 5.72. The molecule has 0 aliphatic rings. The molecule has 2 rings (SSSR count). The second-order valence-electron chi connectivity index (χ2n) is 2.91. The van der Waals surface area contributed by atoms with Crippen molar-refractivity contribution in [1.82, 2.24) is 9.97 Å². The average molecular weight is 205 g/mol. The van der Waals surface area contributed by atoms with Gasteiger partial charge in [-0.1, -0.05) is 0 Å². The zero-order chi connectivity index (χ0) is 9.80. The van der Waals surface area contributed by atoms with E-state index in [2.05, 4.69) is 27.6 Å². The van der Waals surface area contributed by atoms with Gasteiger partial charge in [-0.05, 0) is 24.5 Å². The predicted octanol–water partition coefficient (Wildman–Crippen LogP) is 2.36. The minimum atomic E-state index is 0.916. The van der Waals surface area contributed by atoms with Crippen LogP contribution >= 0.6 is 11.8 Å². The van der Waals surface area contributed by atoms with E-state index in [4.69, 9.17) is 0 Å². The molecule has 0 radical (unpaired) electrons. The fourth-order valence-corrected chi connectivity index (χ4v) is 1.56. The molecule has 4 heteroatoms. The first kappa shape index (κ1) is 9.27. The van der Waals surface area contributed by atoms with Gasteiger partial charge in [-0.3, -0.25) is 0 Å². The van der Waals surface area contributed by atoms with Gasteiger partial charge >= 0.3 is 0 Å². The highest BCUT2D eigenvalue weighted by Gasteiger charge is 1.95. The van der Waals surface area contributed by atoms with E-state index in [1.165, 1.54) is 0 Å². The Morgan fingerprint density at radius 1 is 1.43 bits per heavy atom. The van der Waals surface area contributed by atoms with Gasteiger partial charge in [0.25, 0.3) is 0 Å². The number of thioether (sulfide) groups is 1. The van der Waals surface area contributed by atoms with Crippen LogP contribution in [-0.2, 0) is 0 Å². The molecular formula is C10H11N3S. The average Bonchev–Trinajstić information content (AvgIpc) is 2.26. The van der Waals surface area contributed by atoms with Crippen molar-refractivity contribution in [2.45, 2.75) is 0 Å². The molecule has 0 amide bonds. The monoisotopic (exact) mass is 205 g/mol. The zero-order valence-electron chi connectivity index (χ0n) is 7.90. The summed E-state index contributed by atoms with van der Waals surface area (Å²) >= 11 is 1.76. The lowest BCUT2D eigenvalue weighted by Gasteiger charge is -2.04. The van der Waals surface area contributed by atoms with Crippen molar-refractivity contribution in [3.63, 3.8) is 0 Å². The smallest absolute Gasteiger partial charge is 0.116 e. The van der Waals surface area contributed by atoms with Crippen LogP contribution in [0.2, 0.25) is 0 Å². The number of rotatable bonds is 3. The molecule has 1 aromatic heterocycles. The topological polar surface area (TPSA) is 37.8 Å². The number of fused-ring (bicyclic) bond motifs is 1. The Balaban J connectivity index is 2.32. The third-order valence-corrected chi connectivity index (χ3v) is 2.36. The van der Waals surface area contributed by atoms with Crippen LogP contribution in [0.25, 0.3) is 10.9 Å². The molecule has 1 N–H and O–H groups in total. The van der Waals surface area contributed by atoms with Gasteiger partial charge in [-0.25, -0.2) is 9.97 Å². The highest BCUT2D eigenvalue weighted by molar-refractivity contribution is 7.98. The van der Waals surface area contributed by atoms with Crippen molar-refractivity contribution >= 4 is 28.4 Å². The van der Waals surface area contributed by atoms with E-state index in [1.54, 1.807) is 18.1 Å². The summed E-state index contributed by atoms with van der Waals surface area (Å²) in [6, 6.07) is 6.09. The van der Waals surface area contributed by atoms with Crippen LogP contribution in [0.3, 0.4) is 0 Å². The van der Waals surface area contributed by atoms with Crippen molar-refractivity contribution in [3.05, 3.63) is 30.7 Å². The van der Waals surface area contributed by atoms with Crippen LogP contribution in [0.5, 0.6) is 0 Å². The Labute approximate surface area is 87.0 Å². The SMILES string of the molecule is CSCNc1ccc2ncncc2c1. The molecule has 72 valence electrons. The molecule has 0 saturated carbocycles. The molecule has 0 aliphatic heterocycles. The number of aromatic nitrogens is 2. The summed E-state index contributed by atoms with van der Waals surface area (Å²) in [5.41, 5.74) is 2.09. The van der Waals surface area contributed by atoms with E-state index in [-0.39, 0.29) is 0 Å². The van der Waals surface area contributed by atoms with Crippen molar-refractivity contribution in [3.8, 4) is 0 Å². The molecular weight excluding hydrogens is 194 g/mol. The van der Waals surface area contributed by atoms with Crippen molar-refractivity contribution in [2.24, 2.45) is 0 Å². The third-order valence-electron chi connectivity index (χ3n) is 1.93. The first-order valence-electron chi connectivity index (χ1n) is 4.33. The van der Waals surface area contributed by atoms with Crippen molar-refractivity contribution in [2.75, 3.05) is 17.4 Å². The second kappa shape index (κ2) is 4.28. The van der Waals surface area contributed by atoms with Gasteiger partial charge in [-0.15, -0.1) is 11.8 Å². The second-order valence-corrected chi connectivity index (χ2v) is 3.77. The Morgan fingerprint density at radius 2 is 2.36 bits per heavy atom. The van der Waals surface area contributed by atoms with Gasteiger partial charge in [-0.2, -0.15) is 0 Å². The first-order chi connectivity index (χ1) is 6.90. The molecule has 0 aliphatic carbocycles. The lowest BCUT2D eigenvalue weighted by Crippen LogP contribution is -1.96. The molecule has 0 atom stereocenters. The molecule has 3 nitrogen and oxygen atoms in total. The van der Waals surface area contributed by atoms with Crippen LogP contribution in [0.15, 0.2) is 30.7 Å². The van der Waals surface area contributed by atoms with E-state index >= 15 is 0 Å². The number of hydrogen-bond donors (Lipinski definition) is 1. The Hall–Kier alpha value is -1.29. The standard InChI is InChI=1S/C10H11N3S/c1-14-7-13-9-2-3-10-8(4-9)5-11-6-12-10/h2-6,13H,7H2,1H3. The van der Waals surface area contributed by atoms with Crippen LogP contribution in [-0.4, -0.2) is 22.1 Å². The highest BCUT2D eigenvalue weighted by Crippen LogP contribution is 2.16. The van der Waals surface area contributed by atoms with Gasteiger partial charge in [0, 0.05) is 17.3 Å². The van der Waals surface area contributed by atoms with Gasteiger partial charge in [0.15, 0.2) is 0 Å². The van der Waals surface area contributed by atoms with E-state index in [1.807, 2.05) is 18.3 Å². The molecule has 0 bridgehead atoms. The molecule has 14 heavy (non-hydrogen) atoms. The highest BCUT2D eigenvalue weighted by atomic mass is 32.2. The number of anilines is 1. The largest absolute Gasteiger partial charge is 0.376 e. The Morgan fingerprint density at radius 3 is 3.21 bits per heavy atom. The lowest BCUT2D eigenvalue weighted by atomic mass is 10.2. The fraction of sp³-hybridized carbons (Fsp3) is 0.200. The maximum absolute atomic E-state index is 4.16. The van der Waals surface area contributed by atoms with Gasteiger partial charge < -0.3 is 5.32 Å². The minimum absolute atomic E-state index is 0.916. The normalized spacial score (nSPS) is 10.4. The Kier molecular flexibility index (Phi) is 2.84. The number of hydrogen-bond acceptors (Lipinski definition) is 4. The summed E-state index contributed by atoms with van der Waals surface area (Å²) in [4.78, 5) is 8.15. The summed E-state index contributed by atoms with van der Waals surface area (Å²) in [6.45, 7) is 0. The molecule has 2 aromatic rings. The van der Waals surface area contributed by atoms with Crippen LogP contribution in [0.1, 0.15) is 0 Å². The summed E-state index contributed by atoms with van der Waals surface area (Å²) in [6.07, 6.45) is 5.46. The van der Waals surface area contributed by atoms with Crippen molar-refractivity contribution in [1.29, 1.82) is 0 Å². The molecule has 0 saturated heterocycles. The fourth-order valence-electron chi connectivity index (χ4n) is 1.25. The third kappa shape index (κ3) is 1.96. The number of benzene rings is 1. The quantitative estimate of drug-likeness (QED) is 0.781.